The van der Waals surface area contributed by atoms with E-state index in [0.29, 0.717) is 34.8 Å². The number of oxazole rings is 1. The van der Waals surface area contributed by atoms with Crippen molar-refractivity contribution in [1.82, 2.24) is 4.98 Å². The third kappa shape index (κ3) is 4.86. The summed E-state index contributed by atoms with van der Waals surface area (Å²) in [4.78, 5) is 16.1. The largest absolute Gasteiger partial charge is 0.490 e. The molecule has 28 heavy (non-hydrogen) atoms. The molecule has 1 aromatic heterocycles. The van der Waals surface area contributed by atoms with Gasteiger partial charge in [-0.25, -0.2) is 9.78 Å². The Hall–Kier alpha value is -2.93. The zero-order valence-electron chi connectivity index (χ0n) is 15.8. The molecule has 1 N–H and O–H groups in total. The van der Waals surface area contributed by atoms with E-state index in [4.69, 9.17) is 13.9 Å². The number of rotatable bonds is 8. The van der Waals surface area contributed by atoms with Crippen molar-refractivity contribution >= 4 is 34.9 Å². The Morgan fingerprint density at radius 2 is 2.04 bits per heavy atom. The third-order valence-corrected chi connectivity index (χ3v) is 4.47. The molecule has 0 unspecified atom stereocenters. The van der Waals surface area contributed by atoms with Crippen molar-refractivity contribution in [3.8, 4) is 11.5 Å². The second-order valence-corrected chi connectivity index (χ2v) is 7.16. The number of para-hydroxylation sites is 2. The molecule has 0 aliphatic carbocycles. The monoisotopic (exact) mass is 399 g/mol. The molecule has 146 valence electrons. The summed E-state index contributed by atoms with van der Waals surface area (Å²) in [6.07, 6.45) is 1.56. The van der Waals surface area contributed by atoms with Gasteiger partial charge in [-0.1, -0.05) is 18.2 Å². The molecule has 0 atom stereocenters. The lowest BCUT2D eigenvalue weighted by molar-refractivity contribution is -0.131. The number of carboxylic acids is 1. The molecule has 3 aromatic rings. The van der Waals surface area contributed by atoms with Crippen LogP contribution in [0.2, 0.25) is 0 Å². The highest BCUT2D eigenvalue weighted by molar-refractivity contribution is 8.03. The smallest absolute Gasteiger partial charge is 0.342 e. The minimum atomic E-state index is -1.06. The fourth-order valence-corrected chi connectivity index (χ4v) is 3.25. The van der Waals surface area contributed by atoms with Gasteiger partial charge in [0, 0.05) is 0 Å². The van der Waals surface area contributed by atoms with Gasteiger partial charge in [-0.15, -0.1) is 0 Å². The van der Waals surface area contributed by atoms with Crippen LogP contribution in [0.5, 0.6) is 11.5 Å². The number of aliphatic carboxylic acids is 1. The van der Waals surface area contributed by atoms with E-state index in [1.165, 1.54) is 0 Å². The summed E-state index contributed by atoms with van der Waals surface area (Å²) in [5.41, 5.74) is 1.98. The summed E-state index contributed by atoms with van der Waals surface area (Å²) in [5, 5.41) is 9.88. The molecule has 1 heterocycles. The number of nitrogens with zero attached hydrogens (tertiary/aromatic N) is 1. The number of carbonyl (C=O) groups is 1. The van der Waals surface area contributed by atoms with Gasteiger partial charge in [0.1, 0.15) is 10.4 Å². The SMILES string of the molecule is CCOc1cc(/C=C(\Sc2nc3ccccc3o2)C(=O)O)ccc1OC(C)C. The lowest BCUT2D eigenvalue weighted by atomic mass is 10.2. The maximum Gasteiger partial charge on any atom is 0.342 e. The van der Waals surface area contributed by atoms with Crippen LogP contribution in [0.15, 0.2) is 57.0 Å². The van der Waals surface area contributed by atoms with Crippen LogP contribution in [0.1, 0.15) is 26.3 Å². The average Bonchev–Trinajstić information content (AvgIpc) is 3.05. The number of ether oxygens (including phenoxy) is 2. The zero-order chi connectivity index (χ0) is 20.1. The number of aromatic nitrogens is 1. The number of thioether (sulfide) groups is 1. The topological polar surface area (TPSA) is 81.8 Å². The number of hydrogen-bond acceptors (Lipinski definition) is 6. The predicted molar refractivity (Wildman–Crippen MR) is 109 cm³/mol. The molecule has 3 rings (SSSR count). The Kier molecular flexibility index (Phi) is 6.26. The first-order chi connectivity index (χ1) is 13.5. The molecule has 0 bridgehead atoms. The number of benzene rings is 2. The second kappa shape index (κ2) is 8.84. The van der Waals surface area contributed by atoms with Gasteiger partial charge in [0.2, 0.25) is 0 Å². The summed E-state index contributed by atoms with van der Waals surface area (Å²) < 4.78 is 17.0. The van der Waals surface area contributed by atoms with Gasteiger partial charge in [-0.05, 0) is 68.4 Å². The van der Waals surface area contributed by atoms with Crippen molar-refractivity contribution in [2.75, 3.05) is 6.61 Å². The maximum absolute atomic E-state index is 11.7. The lowest BCUT2D eigenvalue weighted by Crippen LogP contribution is -2.07. The van der Waals surface area contributed by atoms with Gasteiger partial charge >= 0.3 is 5.97 Å². The molecule has 7 heteroatoms. The summed E-state index contributed by atoms with van der Waals surface area (Å²) in [6, 6.07) is 12.6. The number of carboxylic acid groups (broad SMARTS) is 1. The Bertz CT molecular complexity index is 976. The van der Waals surface area contributed by atoms with Crippen LogP contribution in [0.25, 0.3) is 17.2 Å². The van der Waals surface area contributed by atoms with E-state index in [1.54, 1.807) is 30.3 Å². The van der Waals surface area contributed by atoms with Crippen LogP contribution in [0, 0.1) is 0 Å². The highest BCUT2D eigenvalue weighted by atomic mass is 32.2. The Morgan fingerprint density at radius 1 is 1.25 bits per heavy atom. The fourth-order valence-electron chi connectivity index (χ4n) is 2.51. The van der Waals surface area contributed by atoms with Gasteiger partial charge in [-0.2, -0.15) is 0 Å². The van der Waals surface area contributed by atoms with Gasteiger partial charge < -0.3 is 19.0 Å². The van der Waals surface area contributed by atoms with Crippen molar-refractivity contribution in [2.24, 2.45) is 0 Å². The molecule has 2 aromatic carbocycles. The second-order valence-electron chi connectivity index (χ2n) is 6.17. The van der Waals surface area contributed by atoms with Gasteiger partial charge in [0.15, 0.2) is 17.1 Å². The molecule has 0 fully saturated rings. The first kappa shape index (κ1) is 19.8. The molecule has 0 spiro atoms. The van der Waals surface area contributed by atoms with Crippen LogP contribution in [-0.2, 0) is 4.79 Å². The van der Waals surface area contributed by atoms with Gasteiger partial charge in [-0.3, -0.25) is 0 Å². The van der Waals surface area contributed by atoms with E-state index < -0.39 is 5.97 Å². The minimum Gasteiger partial charge on any atom is -0.490 e. The minimum absolute atomic E-state index is 0.00453. The lowest BCUT2D eigenvalue weighted by Gasteiger charge is -2.15. The number of fused-ring (bicyclic) bond motifs is 1. The summed E-state index contributed by atoms with van der Waals surface area (Å²) in [5.74, 6) is 0.131. The highest BCUT2D eigenvalue weighted by Gasteiger charge is 2.16. The molecular weight excluding hydrogens is 378 g/mol. The highest BCUT2D eigenvalue weighted by Crippen LogP contribution is 2.33. The van der Waals surface area contributed by atoms with Crippen LogP contribution < -0.4 is 9.47 Å². The normalized spacial score (nSPS) is 11.8. The van der Waals surface area contributed by atoms with E-state index in [-0.39, 0.29) is 16.2 Å². The van der Waals surface area contributed by atoms with E-state index >= 15 is 0 Å². The summed E-state index contributed by atoms with van der Waals surface area (Å²) in [7, 11) is 0. The molecule has 0 saturated heterocycles. The zero-order valence-corrected chi connectivity index (χ0v) is 16.7. The van der Waals surface area contributed by atoms with Crippen LogP contribution in [0.4, 0.5) is 0 Å². The van der Waals surface area contributed by atoms with Crippen LogP contribution in [0.3, 0.4) is 0 Å². The summed E-state index contributed by atoms with van der Waals surface area (Å²) >= 11 is 0.963. The first-order valence-corrected chi connectivity index (χ1v) is 9.70. The first-order valence-electron chi connectivity index (χ1n) is 8.88. The van der Waals surface area contributed by atoms with Crippen molar-refractivity contribution in [3.05, 3.63) is 52.9 Å². The Morgan fingerprint density at radius 3 is 2.71 bits per heavy atom. The van der Waals surface area contributed by atoms with Crippen molar-refractivity contribution < 1.29 is 23.8 Å². The maximum atomic E-state index is 11.7. The molecule has 0 amide bonds. The molecule has 0 saturated carbocycles. The van der Waals surface area contributed by atoms with E-state index in [9.17, 15) is 9.90 Å². The van der Waals surface area contributed by atoms with E-state index in [1.807, 2.05) is 39.0 Å². The quantitative estimate of drug-likeness (QED) is 0.410. The fraction of sp³-hybridized carbons (Fsp3) is 0.238. The van der Waals surface area contributed by atoms with Crippen molar-refractivity contribution in [3.63, 3.8) is 0 Å². The molecule has 0 aliphatic rings. The molecular formula is C21H21NO5S. The van der Waals surface area contributed by atoms with Crippen LogP contribution in [-0.4, -0.2) is 28.8 Å². The standard InChI is InChI=1S/C21H21NO5S/c1-4-25-18-11-14(9-10-17(18)26-13(2)3)12-19(20(23)24)28-21-22-15-7-5-6-8-16(15)27-21/h5-13H,4H2,1-3H3,(H,23,24)/b19-12-. The molecule has 0 radical (unpaired) electrons. The van der Waals surface area contributed by atoms with E-state index in [2.05, 4.69) is 4.98 Å². The van der Waals surface area contributed by atoms with Crippen molar-refractivity contribution in [1.29, 1.82) is 0 Å². The predicted octanol–water partition coefficient (Wildman–Crippen LogP) is 5.23. The Balaban J connectivity index is 1.90. The average molecular weight is 399 g/mol. The van der Waals surface area contributed by atoms with Gasteiger partial charge in [0.05, 0.1) is 12.7 Å². The molecule has 6 nitrogen and oxygen atoms in total. The Labute approximate surface area is 167 Å². The molecule has 0 aliphatic heterocycles. The number of hydrogen-bond donors (Lipinski definition) is 1. The summed E-state index contributed by atoms with van der Waals surface area (Å²) in [6.45, 7) is 6.23. The van der Waals surface area contributed by atoms with Crippen LogP contribution >= 0.6 is 11.8 Å². The van der Waals surface area contributed by atoms with E-state index in [0.717, 1.165) is 11.8 Å². The third-order valence-electron chi connectivity index (χ3n) is 3.61. The van der Waals surface area contributed by atoms with Crippen molar-refractivity contribution in [2.45, 2.75) is 32.1 Å². The van der Waals surface area contributed by atoms with Gasteiger partial charge in [0.25, 0.3) is 5.22 Å².